The Hall–Kier alpha value is -1.02. The summed E-state index contributed by atoms with van der Waals surface area (Å²) in [7, 11) is -4.33. The molecule has 0 aliphatic rings. The monoisotopic (exact) mass is 673 g/mol. The number of nitrogens with one attached hydrogen (secondary N) is 1. The summed E-state index contributed by atoms with van der Waals surface area (Å²) in [6.45, 7) is 4.09. The minimum atomic E-state index is -4.33. The highest BCUT2D eigenvalue weighted by Crippen LogP contribution is 2.43. The van der Waals surface area contributed by atoms with Crippen molar-refractivity contribution < 1.29 is 28.4 Å². The number of aliphatic hydroxyl groups is 1. The number of hydrogen-bond acceptors (Lipinski definition) is 6. The van der Waals surface area contributed by atoms with Crippen molar-refractivity contribution >= 4 is 13.7 Å². The van der Waals surface area contributed by atoms with Gasteiger partial charge in [-0.1, -0.05) is 147 Å². The van der Waals surface area contributed by atoms with Crippen LogP contribution in [0.25, 0.3) is 0 Å². The molecule has 3 atom stereocenters. The lowest BCUT2D eigenvalue weighted by atomic mass is 10.0. The molecule has 0 fully saturated rings. The first-order valence-corrected chi connectivity index (χ1v) is 20.5. The average molecular weight is 673 g/mol. The number of nitrogens with two attached hydrogens (primary N) is 1. The number of allylic oxidation sites excluding steroid dienone is 3. The van der Waals surface area contributed by atoms with Crippen LogP contribution in [0.5, 0.6) is 0 Å². The zero-order valence-corrected chi connectivity index (χ0v) is 30.7. The van der Waals surface area contributed by atoms with Gasteiger partial charge in [0.1, 0.15) is 0 Å². The predicted octanol–water partition coefficient (Wildman–Crippen LogP) is 9.83. The van der Waals surface area contributed by atoms with Crippen LogP contribution in [0, 0.1) is 0 Å². The Kier molecular flexibility index (Phi) is 33.1. The molecule has 0 saturated carbocycles. The standard InChI is InChI=1S/C37H73N2O6P/c1-3-5-7-9-11-13-15-17-18-19-20-22-24-26-28-30-36(40)35(34-45-46(42,43)44-33-32-38)39-37(41)31-29-27-25-23-21-16-14-12-10-8-6-4-2/h12,14,28,30,35-36,40H,3-11,13,15-27,29,31-34,38H2,1-2H3,(H,39,41)(H,42,43)/b14-12-,30-28+. The molecule has 46 heavy (non-hydrogen) atoms. The molecule has 0 radical (unpaired) electrons. The van der Waals surface area contributed by atoms with Crippen molar-refractivity contribution in [3.63, 3.8) is 0 Å². The fourth-order valence-corrected chi connectivity index (χ4v) is 6.12. The predicted molar refractivity (Wildman–Crippen MR) is 194 cm³/mol. The van der Waals surface area contributed by atoms with Crippen molar-refractivity contribution in [1.29, 1.82) is 0 Å². The Morgan fingerprint density at radius 2 is 1.13 bits per heavy atom. The summed E-state index contributed by atoms with van der Waals surface area (Å²) in [6.07, 6.45) is 36.4. The molecule has 0 aromatic rings. The molecule has 3 unspecified atom stereocenters. The Labute approximate surface area is 283 Å². The van der Waals surface area contributed by atoms with E-state index < -0.39 is 20.0 Å². The molecule has 0 rings (SSSR count). The smallest absolute Gasteiger partial charge is 0.387 e. The molecule has 1 amide bonds. The first-order chi connectivity index (χ1) is 22.4. The summed E-state index contributed by atoms with van der Waals surface area (Å²) in [5.74, 6) is -0.205. The van der Waals surface area contributed by atoms with Gasteiger partial charge in [-0.3, -0.25) is 13.8 Å². The van der Waals surface area contributed by atoms with E-state index in [2.05, 4.69) is 31.3 Å². The molecule has 0 aromatic carbocycles. The zero-order valence-electron chi connectivity index (χ0n) is 29.8. The van der Waals surface area contributed by atoms with E-state index in [1.54, 1.807) is 6.08 Å². The van der Waals surface area contributed by atoms with Crippen molar-refractivity contribution in [1.82, 2.24) is 5.32 Å². The van der Waals surface area contributed by atoms with Gasteiger partial charge in [0.05, 0.1) is 25.4 Å². The fourth-order valence-electron chi connectivity index (χ4n) is 5.36. The highest BCUT2D eigenvalue weighted by molar-refractivity contribution is 7.47. The molecule has 0 saturated heterocycles. The Bertz CT molecular complexity index is 779. The summed E-state index contributed by atoms with van der Waals surface area (Å²) >= 11 is 0. The van der Waals surface area contributed by atoms with Crippen molar-refractivity contribution in [3.05, 3.63) is 24.3 Å². The van der Waals surface area contributed by atoms with Gasteiger partial charge in [0.25, 0.3) is 0 Å². The zero-order chi connectivity index (χ0) is 34.0. The van der Waals surface area contributed by atoms with Gasteiger partial charge in [-0.25, -0.2) is 4.57 Å². The quantitative estimate of drug-likeness (QED) is 0.0299. The molecule has 0 aliphatic carbocycles. The van der Waals surface area contributed by atoms with Crippen molar-refractivity contribution in [2.75, 3.05) is 19.8 Å². The second kappa shape index (κ2) is 33.9. The summed E-state index contributed by atoms with van der Waals surface area (Å²) in [5, 5.41) is 13.6. The van der Waals surface area contributed by atoms with Gasteiger partial charge in [0.15, 0.2) is 0 Å². The lowest BCUT2D eigenvalue weighted by Gasteiger charge is -2.23. The van der Waals surface area contributed by atoms with Gasteiger partial charge in [0.2, 0.25) is 5.91 Å². The first-order valence-electron chi connectivity index (χ1n) is 19.0. The minimum absolute atomic E-state index is 0.0778. The van der Waals surface area contributed by atoms with E-state index in [4.69, 9.17) is 14.8 Å². The van der Waals surface area contributed by atoms with Gasteiger partial charge < -0.3 is 21.1 Å². The van der Waals surface area contributed by atoms with E-state index in [0.717, 1.165) is 51.4 Å². The maximum absolute atomic E-state index is 12.7. The highest BCUT2D eigenvalue weighted by atomic mass is 31.2. The lowest BCUT2D eigenvalue weighted by molar-refractivity contribution is -0.123. The largest absolute Gasteiger partial charge is 0.472 e. The van der Waals surface area contributed by atoms with Crippen molar-refractivity contribution in [2.24, 2.45) is 5.73 Å². The number of hydrogen-bond donors (Lipinski definition) is 4. The van der Waals surface area contributed by atoms with Gasteiger partial charge in [0, 0.05) is 13.0 Å². The summed E-state index contributed by atoms with van der Waals surface area (Å²) in [5.41, 5.74) is 5.35. The van der Waals surface area contributed by atoms with E-state index in [1.165, 1.54) is 103 Å². The molecule has 5 N–H and O–H groups in total. The number of rotatable bonds is 35. The van der Waals surface area contributed by atoms with Gasteiger partial charge >= 0.3 is 7.82 Å². The van der Waals surface area contributed by atoms with Gasteiger partial charge in [-0.2, -0.15) is 0 Å². The Morgan fingerprint density at radius 3 is 1.65 bits per heavy atom. The lowest BCUT2D eigenvalue weighted by Crippen LogP contribution is -2.45. The third kappa shape index (κ3) is 31.6. The average Bonchev–Trinajstić information content (AvgIpc) is 3.04. The first kappa shape index (κ1) is 45.0. The molecular weight excluding hydrogens is 599 g/mol. The summed E-state index contributed by atoms with van der Waals surface area (Å²) in [4.78, 5) is 22.6. The maximum atomic E-state index is 12.7. The van der Waals surface area contributed by atoms with Crippen LogP contribution >= 0.6 is 7.82 Å². The van der Waals surface area contributed by atoms with Crippen molar-refractivity contribution in [2.45, 2.75) is 187 Å². The SMILES string of the molecule is CCCCC/C=C\CCCCCCCC(=O)NC(COP(=O)(O)OCCN)C(O)/C=C/CCCCCCCCCCCCCCC. The van der Waals surface area contributed by atoms with Crippen LogP contribution in [0.3, 0.4) is 0 Å². The molecule has 0 spiro atoms. The molecule has 0 heterocycles. The number of unbranched alkanes of at least 4 members (excludes halogenated alkanes) is 21. The number of amides is 1. The van der Waals surface area contributed by atoms with E-state index in [-0.39, 0.29) is 25.7 Å². The molecule has 8 nitrogen and oxygen atoms in total. The van der Waals surface area contributed by atoms with Crippen LogP contribution < -0.4 is 11.1 Å². The van der Waals surface area contributed by atoms with Crippen LogP contribution in [0.2, 0.25) is 0 Å². The molecule has 0 aromatic heterocycles. The normalized spacial score (nSPS) is 14.6. The van der Waals surface area contributed by atoms with E-state index in [9.17, 15) is 19.4 Å². The Morgan fingerprint density at radius 1 is 0.696 bits per heavy atom. The molecular formula is C37H73N2O6P. The maximum Gasteiger partial charge on any atom is 0.472 e. The molecule has 0 aliphatic heterocycles. The van der Waals surface area contributed by atoms with E-state index in [1.807, 2.05) is 6.08 Å². The van der Waals surface area contributed by atoms with Gasteiger partial charge in [-0.05, 0) is 44.9 Å². The minimum Gasteiger partial charge on any atom is -0.387 e. The van der Waals surface area contributed by atoms with E-state index >= 15 is 0 Å². The number of aliphatic hydroxyl groups excluding tert-OH is 1. The second-order valence-electron chi connectivity index (χ2n) is 12.8. The summed E-state index contributed by atoms with van der Waals surface area (Å²) < 4.78 is 22.0. The molecule has 272 valence electrons. The van der Waals surface area contributed by atoms with Crippen LogP contribution in [-0.2, 0) is 18.4 Å². The number of carbonyl (C=O) groups is 1. The number of carbonyl (C=O) groups excluding carboxylic acids is 1. The number of phosphoric acid groups is 1. The second-order valence-corrected chi connectivity index (χ2v) is 14.2. The number of phosphoric ester groups is 1. The topological polar surface area (TPSA) is 131 Å². The fraction of sp³-hybridized carbons (Fsp3) is 0.865. The van der Waals surface area contributed by atoms with Crippen LogP contribution in [-0.4, -0.2) is 47.8 Å². The van der Waals surface area contributed by atoms with Gasteiger partial charge in [-0.15, -0.1) is 0 Å². The summed E-state index contributed by atoms with van der Waals surface area (Å²) in [6, 6.07) is -0.860. The van der Waals surface area contributed by atoms with E-state index in [0.29, 0.717) is 6.42 Å². The molecule has 0 bridgehead atoms. The molecule has 9 heteroatoms. The van der Waals surface area contributed by atoms with Crippen LogP contribution in [0.15, 0.2) is 24.3 Å². The Balaban J connectivity index is 4.33. The third-order valence-electron chi connectivity index (χ3n) is 8.27. The highest BCUT2D eigenvalue weighted by Gasteiger charge is 2.26. The third-order valence-corrected chi connectivity index (χ3v) is 9.26. The van der Waals surface area contributed by atoms with Crippen LogP contribution in [0.4, 0.5) is 0 Å². The van der Waals surface area contributed by atoms with Crippen molar-refractivity contribution in [3.8, 4) is 0 Å². The van der Waals surface area contributed by atoms with Crippen LogP contribution in [0.1, 0.15) is 174 Å².